The van der Waals surface area contributed by atoms with Crippen molar-refractivity contribution in [3.05, 3.63) is 213 Å². The molecule has 8 bridgehead atoms. The molecular weight excluding hydrogens is 1110 g/mol. The second-order valence-electron chi connectivity index (χ2n) is 23.3. The zero-order valence-electron chi connectivity index (χ0n) is 52.6. The SMILES string of the molecule is CCCCCC1c2cc(c(OC)cc2Nc2ccccc2F)C(CCCCC)c2cc(c(OC)cc2Nc2ccccc2F)C(CCCCC)c2cc(c(OC)cc2Nc2ccccc2F)C(CCCCC)c2cc1c(OC)cc2Nc1ccccc1F. The summed E-state index contributed by atoms with van der Waals surface area (Å²) in [5.74, 6) is -0.764. The number of hydrogen-bond donors (Lipinski definition) is 4. The molecule has 464 valence electrons. The van der Waals surface area contributed by atoms with Crippen LogP contribution >= 0.6 is 0 Å². The fourth-order valence-corrected chi connectivity index (χ4v) is 13.0. The number of methoxy groups -OCH3 is 4. The summed E-state index contributed by atoms with van der Waals surface area (Å²) in [6.07, 6.45) is 13.8. The van der Waals surface area contributed by atoms with Crippen molar-refractivity contribution in [3.8, 4) is 23.0 Å². The number of unbranched alkanes of at least 4 members (excludes halogenated alkanes) is 8. The summed E-state index contributed by atoms with van der Waals surface area (Å²) in [6, 6.07) is 44.0. The van der Waals surface area contributed by atoms with Gasteiger partial charge in [0, 0.05) is 92.9 Å². The van der Waals surface area contributed by atoms with Crippen molar-refractivity contribution in [1.82, 2.24) is 0 Å². The molecule has 8 aromatic rings. The number of nitrogens with one attached hydrogen (secondary N) is 4. The maximum atomic E-state index is 16.2. The molecule has 4 atom stereocenters. The van der Waals surface area contributed by atoms with Gasteiger partial charge < -0.3 is 40.2 Å². The lowest BCUT2D eigenvalue weighted by atomic mass is 9.75. The first-order chi connectivity index (χ1) is 43.0. The third kappa shape index (κ3) is 14.9. The van der Waals surface area contributed by atoms with E-state index in [2.05, 4.69) is 73.2 Å². The van der Waals surface area contributed by atoms with Crippen LogP contribution in [0.4, 0.5) is 63.1 Å². The van der Waals surface area contributed by atoms with Gasteiger partial charge in [-0.05, 0) is 121 Å². The average molecular weight is 1200 g/mol. The summed E-state index contributed by atoms with van der Waals surface area (Å²) in [5, 5.41) is 14.3. The fourth-order valence-electron chi connectivity index (χ4n) is 13.0. The van der Waals surface area contributed by atoms with Crippen LogP contribution in [-0.2, 0) is 0 Å². The highest BCUT2D eigenvalue weighted by Gasteiger charge is 2.35. The zero-order valence-corrected chi connectivity index (χ0v) is 52.6. The second-order valence-corrected chi connectivity index (χ2v) is 23.3. The number of hydrogen-bond acceptors (Lipinski definition) is 8. The molecule has 4 unspecified atom stereocenters. The molecule has 0 amide bonds. The van der Waals surface area contributed by atoms with E-state index in [1.165, 1.54) is 24.3 Å². The molecule has 0 spiro atoms. The van der Waals surface area contributed by atoms with Crippen molar-refractivity contribution in [2.45, 2.75) is 154 Å². The summed E-state index contributed by atoms with van der Waals surface area (Å²) in [6.45, 7) is 8.79. The van der Waals surface area contributed by atoms with E-state index >= 15 is 17.6 Å². The molecule has 88 heavy (non-hydrogen) atoms. The number of anilines is 8. The van der Waals surface area contributed by atoms with Crippen LogP contribution < -0.4 is 40.2 Å². The minimum atomic E-state index is -0.407. The van der Waals surface area contributed by atoms with E-state index in [4.69, 9.17) is 18.9 Å². The van der Waals surface area contributed by atoms with E-state index in [0.717, 1.165) is 122 Å². The normalized spacial score (nSPS) is 15.3. The fraction of sp³-hybridized carbons (Fsp3) is 0.368. The van der Waals surface area contributed by atoms with Crippen LogP contribution in [0.2, 0.25) is 0 Å². The summed E-state index contributed by atoms with van der Waals surface area (Å²) < 4.78 is 91.4. The van der Waals surface area contributed by atoms with Gasteiger partial charge in [-0.25, -0.2) is 17.6 Å². The molecule has 0 aromatic heterocycles. The Bertz CT molecular complexity index is 3140. The number of halogens is 4. The lowest BCUT2D eigenvalue weighted by molar-refractivity contribution is 0.402. The Balaban J connectivity index is 1.50. The maximum Gasteiger partial charge on any atom is 0.146 e. The van der Waals surface area contributed by atoms with E-state index < -0.39 is 23.3 Å². The Labute approximate surface area is 519 Å². The number of para-hydroxylation sites is 4. The van der Waals surface area contributed by atoms with Gasteiger partial charge in [0.15, 0.2) is 0 Å². The molecular formula is C76H88F4N4O4. The molecule has 0 aliphatic heterocycles. The van der Waals surface area contributed by atoms with Gasteiger partial charge in [-0.2, -0.15) is 0 Å². The van der Waals surface area contributed by atoms with Crippen molar-refractivity contribution < 1.29 is 36.5 Å². The Morgan fingerprint density at radius 1 is 0.273 bits per heavy atom. The lowest BCUT2D eigenvalue weighted by Crippen LogP contribution is -2.16. The predicted molar refractivity (Wildman–Crippen MR) is 355 cm³/mol. The van der Waals surface area contributed by atoms with Crippen LogP contribution in [0.1, 0.15) is 199 Å². The van der Waals surface area contributed by atoms with Crippen LogP contribution in [0.15, 0.2) is 146 Å². The highest BCUT2D eigenvalue weighted by molar-refractivity contribution is 5.77. The Morgan fingerprint density at radius 3 is 0.659 bits per heavy atom. The molecule has 1 aliphatic carbocycles. The van der Waals surface area contributed by atoms with Gasteiger partial charge >= 0.3 is 0 Å². The summed E-state index contributed by atoms with van der Waals surface area (Å²) in [7, 11) is 6.73. The number of rotatable bonds is 28. The van der Waals surface area contributed by atoms with Crippen LogP contribution in [0, 0.1) is 23.3 Å². The first kappa shape index (κ1) is 64.4. The van der Waals surface area contributed by atoms with Gasteiger partial charge in [-0.3, -0.25) is 0 Å². The van der Waals surface area contributed by atoms with E-state index in [-0.39, 0.29) is 23.7 Å². The summed E-state index contributed by atoms with van der Waals surface area (Å²) >= 11 is 0. The third-order valence-corrected chi connectivity index (χ3v) is 17.6. The van der Waals surface area contributed by atoms with E-state index in [0.29, 0.717) is 94.2 Å². The molecule has 8 aromatic carbocycles. The average Bonchev–Trinajstić information content (AvgIpc) is 0.962. The maximum absolute atomic E-state index is 16.2. The van der Waals surface area contributed by atoms with Crippen LogP contribution in [0.25, 0.3) is 0 Å². The van der Waals surface area contributed by atoms with Gasteiger partial charge in [0.2, 0.25) is 0 Å². The van der Waals surface area contributed by atoms with Crippen molar-refractivity contribution >= 4 is 45.5 Å². The van der Waals surface area contributed by atoms with E-state index in [1.54, 1.807) is 77.0 Å². The van der Waals surface area contributed by atoms with Gasteiger partial charge in [0.05, 0.1) is 51.2 Å². The molecule has 12 heteroatoms. The summed E-state index contributed by atoms with van der Waals surface area (Å²) in [4.78, 5) is 0. The Morgan fingerprint density at radius 2 is 0.477 bits per heavy atom. The lowest BCUT2D eigenvalue weighted by Gasteiger charge is -2.33. The molecule has 0 saturated heterocycles. The number of benzene rings is 8. The van der Waals surface area contributed by atoms with E-state index in [1.807, 2.05) is 48.5 Å². The predicted octanol–water partition coefficient (Wildman–Crippen LogP) is 22.4. The third-order valence-electron chi connectivity index (χ3n) is 17.6. The minimum absolute atomic E-state index is 0.307. The second kappa shape index (κ2) is 31.2. The van der Waals surface area contributed by atoms with Crippen LogP contribution in [-0.4, -0.2) is 28.4 Å². The highest BCUT2D eigenvalue weighted by atomic mass is 19.1. The van der Waals surface area contributed by atoms with Crippen molar-refractivity contribution in [3.63, 3.8) is 0 Å². The first-order valence-corrected chi connectivity index (χ1v) is 31.9. The topological polar surface area (TPSA) is 85.0 Å². The summed E-state index contributed by atoms with van der Waals surface area (Å²) in [5.41, 5.74) is 11.1. The van der Waals surface area contributed by atoms with Gasteiger partial charge in [0.1, 0.15) is 46.3 Å². The molecule has 0 radical (unpaired) electrons. The van der Waals surface area contributed by atoms with Crippen LogP contribution in [0.3, 0.4) is 0 Å². The van der Waals surface area contributed by atoms with Gasteiger partial charge in [0.25, 0.3) is 0 Å². The van der Waals surface area contributed by atoms with Crippen molar-refractivity contribution in [1.29, 1.82) is 0 Å². The largest absolute Gasteiger partial charge is 0.496 e. The Hall–Kier alpha value is -8.12. The molecule has 0 fully saturated rings. The molecule has 0 saturated carbocycles. The zero-order chi connectivity index (χ0) is 62.1. The van der Waals surface area contributed by atoms with Crippen LogP contribution in [0.5, 0.6) is 23.0 Å². The number of ether oxygens (including phenoxy) is 4. The highest BCUT2D eigenvalue weighted by Crippen LogP contribution is 2.54. The molecule has 4 N–H and O–H groups in total. The Kier molecular flexibility index (Phi) is 22.8. The molecule has 0 heterocycles. The standard InChI is InChI=1S/C76H88F4N4O4/c1-9-13-17-29-49-53-41-58(74(86-6)45-69(53)81-65-37-25-21-33-61(65)77)51(31-19-15-11-3)55-43-60(76(88-8)47-71(55)83-67-39-27-23-35-63(67)79)52(32-20-16-12-4)56-44-59(75(87-7)48-72(56)84-68-40-28-24-36-64(68)80)50(30-18-14-10-2)54-42-57(49)73(85-5)46-70(54)82-66-38-26-22-34-62(66)78/h21-28,33-52,81-84H,9-20,29-32H2,1-8H3. The smallest absolute Gasteiger partial charge is 0.146 e. The molecule has 1 aliphatic rings. The van der Waals surface area contributed by atoms with Gasteiger partial charge in [-0.15, -0.1) is 0 Å². The van der Waals surface area contributed by atoms with Crippen molar-refractivity contribution in [2.75, 3.05) is 49.7 Å². The van der Waals surface area contributed by atoms with Crippen molar-refractivity contribution in [2.24, 2.45) is 0 Å². The first-order valence-electron chi connectivity index (χ1n) is 31.9. The minimum Gasteiger partial charge on any atom is -0.496 e. The monoisotopic (exact) mass is 1200 g/mol. The molecule has 8 nitrogen and oxygen atoms in total. The molecule has 9 rings (SSSR count). The number of fused-ring (bicyclic) bond motifs is 8. The van der Waals surface area contributed by atoms with Gasteiger partial charge in [-0.1, -0.05) is 153 Å². The van der Waals surface area contributed by atoms with E-state index in [9.17, 15) is 0 Å². The quantitative estimate of drug-likeness (QED) is 0.0285.